The Morgan fingerprint density at radius 2 is 1.85 bits per heavy atom. The molecule has 140 valence electrons. The highest BCUT2D eigenvalue weighted by molar-refractivity contribution is 5.88. The van der Waals surface area contributed by atoms with Gasteiger partial charge in [0.05, 0.1) is 24.3 Å². The van der Waals surface area contributed by atoms with E-state index in [4.69, 9.17) is 14.7 Å². The molecule has 0 unspecified atom stereocenters. The van der Waals surface area contributed by atoms with Gasteiger partial charge in [0, 0.05) is 6.07 Å². The molecular weight excluding hydrogens is 344 g/mol. The topological polar surface area (TPSA) is 88.4 Å². The highest BCUT2D eigenvalue weighted by Crippen LogP contribution is 2.28. The van der Waals surface area contributed by atoms with Crippen LogP contribution in [0.1, 0.15) is 25.0 Å². The minimum Gasteiger partial charge on any atom is -0.490 e. The zero-order valence-corrected chi connectivity index (χ0v) is 15.4. The summed E-state index contributed by atoms with van der Waals surface area (Å²) in [4.78, 5) is 24.1. The first-order chi connectivity index (χ1) is 13.0. The van der Waals surface area contributed by atoms with Crippen molar-refractivity contribution in [3.63, 3.8) is 0 Å². The van der Waals surface area contributed by atoms with E-state index in [-0.39, 0.29) is 12.4 Å². The Morgan fingerprint density at radius 1 is 1.11 bits per heavy atom. The summed E-state index contributed by atoms with van der Waals surface area (Å²) in [6.07, 6.45) is 0.420. The quantitative estimate of drug-likeness (QED) is 0.737. The lowest BCUT2D eigenvalue weighted by atomic mass is 10.0. The lowest BCUT2D eigenvalue weighted by molar-refractivity contribution is -0.128. The number of nitriles is 1. The van der Waals surface area contributed by atoms with E-state index >= 15 is 0 Å². The van der Waals surface area contributed by atoms with Gasteiger partial charge in [-0.1, -0.05) is 30.3 Å². The highest BCUT2D eigenvalue weighted by Gasteiger charge is 2.18. The fourth-order valence-electron chi connectivity index (χ4n) is 2.49. The molecule has 1 amide bonds. The third-order valence-corrected chi connectivity index (χ3v) is 3.84. The molecule has 0 bridgehead atoms. The van der Waals surface area contributed by atoms with Crippen molar-refractivity contribution in [3.05, 3.63) is 59.7 Å². The van der Waals surface area contributed by atoms with Gasteiger partial charge in [-0.05, 0) is 38.0 Å². The summed E-state index contributed by atoms with van der Waals surface area (Å²) in [5.74, 6) is 0.240. The number of hydrogen-bond acceptors (Lipinski definition) is 5. The van der Waals surface area contributed by atoms with Gasteiger partial charge in [-0.3, -0.25) is 9.59 Å². The fraction of sp³-hybridized carbons (Fsp3) is 0.286. The number of ether oxygens (including phenoxy) is 2. The van der Waals surface area contributed by atoms with Gasteiger partial charge in [0.2, 0.25) is 0 Å². The number of Topliss-reactive ketones (excluding diaryl/α,β-unsaturated/α-hetero) is 1. The Kier molecular flexibility index (Phi) is 7.38. The molecule has 0 spiro atoms. The molecule has 2 aromatic rings. The van der Waals surface area contributed by atoms with Crippen LogP contribution in [0.5, 0.6) is 11.5 Å². The van der Waals surface area contributed by atoms with Crippen molar-refractivity contribution in [2.24, 2.45) is 0 Å². The van der Waals surface area contributed by atoms with Gasteiger partial charge in [0.25, 0.3) is 5.91 Å². The first-order valence-corrected chi connectivity index (χ1v) is 8.67. The number of carbonyl (C=O) groups excluding carboxylic acids is 2. The van der Waals surface area contributed by atoms with Crippen molar-refractivity contribution < 1.29 is 19.1 Å². The van der Waals surface area contributed by atoms with Gasteiger partial charge < -0.3 is 14.8 Å². The van der Waals surface area contributed by atoms with Crippen LogP contribution in [0.2, 0.25) is 0 Å². The van der Waals surface area contributed by atoms with Crippen molar-refractivity contribution in [1.82, 2.24) is 5.32 Å². The van der Waals surface area contributed by atoms with Gasteiger partial charge in [-0.25, -0.2) is 0 Å². The number of amides is 1. The number of hydrogen-bond donors (Lipinski definition) is 1. The third kappa shape index (κ3) is 6.15. The first kappa shape index (κ1) is 20.0. The Bertz CT molecular complexity index is 828. The number of nitrogens with one attached hydrogen (secondary N) is 1. The maximum absolute atomic E-state index is 12.2. The zero-order valence-electron chi connectivity index (χ0n) is 15.4. The molecule has 27 heavy (non-hydrogen) atoms. The number of carbonyl (C=O) groups is 2. The third-order valence-electron chi connectivity index (χ3n) is 3.84. The van der Waals surface area contributed by atoms with E-state index in [1.54, 1.807) is 18.2 Å². The summed E-state index contributed by atoms with van der Waals surface area (Å²) in [7, 11) is 0. The second kappa shape index (κ2) is 9.97. The van der Waals surface area contributed by atoms with Crippen LogP contribution in [-0.2, 0) is 16.0 Å². The predicted octanol–water partition coefficient (Wildman–Crippen LogP) is 2.65. The SMILES string of the molecule is CCOc1cc(C#N)ccc1OCC(=O)N[C@H](Cc1ccccc1)C(C)=O. The van der Waals surface area contributed by atoms with Crippen molar-refractivity contribution in [2.45, 2.75) is 26.3 Å². The maximum atomic E-state index is 12.2. The number of nitrogens with zero attached hydrogens (tertiary/aromatic N) is 1. The summed E-state index contributed by atoms with van der Waals surface area (Å²) in [5.41, 5.74) is 1.40. The van der Waals surface area contributed by atoms with Crippen LogP contribution < -0.4 is 14.8 Å². The zero-order chi connectivity index (χ0) is 19.6. The lowest BCUT2D eigenvalue weighted by Gasteiger charge is -2.17. The average molecular weight is 366 g/mol. The molecule has 0 aliphatic rings. The molecule has 1 N–H and O–H groups in total. The van der Waals surface area contributed by atoms with Crippen molar-refractivity contribution in [1.29, 1.82) is 5.26 Å². The number of benzene rings is 2. The molecule has 0 heterocycles. The van der Waals surface area contributed by atoms with Crippen molar-refractivity contribution >= 4 is 11.7 Å². The van der Waals surface area contributed by atoms with Crippen LogP contribution in [0, 0.1) is 11.3 Å². The average Bonchev–Trinajstić information content (AvgIpc) is 2.67. The molecule has 0 saturated carbocycles. The second-order valence-corrected chi connectivity index (χ2v) is 5.92. The smallest absolute Gasteiger partial charge is 0.258 e. The van der Waals surface area contributed by atoms with Crippen LogP contribution in [-0.4, -0.2) is 30.9 Å². The standard InChI is InChI=1S/C21H22N2O4/c1-3-26-20-12-17(13-22)9-10-19(20)27-14-21(25)23-18(15(2)24)11-16-7-5-4-6-8-16/h4-10,12,18H,3,11,14H2,1-2H3,(H,23,25)/t18-/m1/s1. The van der Waals surface area contributed by atoms with E-state index in [1.165, 1.54) is 6.92 Å². The molecular formula is C21H22N2O4. The summed E-state index contributed by atoms with van der Waals surface area (Å²) in [6.45, 7) is 3.41. The monoisotopic (exact) mass is 366 g/mol. The lowest BCUT2D eigenvalue weighted by Crippen LogP contribution is -2.43. The molecule has 0 saturated heterocycles. The summed E-state index contributed by atoms with van der Waals surface area (Å²) in [6, 6.07) is 15.6. The summed E-state index contributed by atoms with van der Waals surface area (Å²) in [5, 5.41) is 11.7. The largest absolute Gasteiger partial charge is 0.490 e. The molecule has 6 heteroatoms. The Labute approximate surface area is 158 Å². The summed E-state index contributed by atoms with van der Waals surface area (Å²) >= 11 is 0. The highest BCUT2D eigenvalue weighted by atomic mass is 16.5. The molecule has 0 radical (unpaired) electrons. The van der Waals surface area contributed by atoms with Crippen LogP contribution in [0.3, 0.4) is 0 Å². The van der Waals surface area contributed by atoms with Crippen molar-refractivity contribution in [3.8, 4) is 17.6 Å². The van der Waals surface area contributed by atoms with Crippen LogP contribution in [0.4, 0.5) is 0 Å². The van der Waals surface area contributed by atoms with E-state index in [0.29, 0.717) is 30.1 Å². The van der Waals surface area contributed by atoms with Gasteiger partial charge in [0.15, 0.2) is 23.9 Å². The molecule has 2 aromatic carbocycles. The molecule has 0 fully saturated rings. The summed E-state index contributed by atoms with van der Waals surface area (Å²) < 4.78 is 11.0. The molecule has 6 nitrogen and oxygen atoms in total. The fourth-order valence-corrected chi connectivity index (χ4v) is 2.49. The van der Waals surface area contributed by atoms with E-state index in [2.05, 4.69) is 5.32 Å². The van der Waals surface area contributed by atoms with E-state index in [0.717, 1.165) is 5.56 Å². The molecule has 0 aliphatic heterocycles. The van der Waals surface area contributed by atoms with Gasteiger partial charge in [-0.2, -0.15) is 5.26 Å². The van der Waals surface area contributed by atoms with E-state index in [1.807, 2.05) is 43.3 Å². The van der Waals surface area contributed by atoms with Crippen LogP contribution >= 0.6 is 0 Å². The van der Waals surface area contributed by atoms with E-state index in [9.17, 15) is 9.59 Å². The maximum Gasteiger partial charge on any atom is 0.258 e. The van der Waals surface area contributed by atoms with Gasteiger partial charge >= 0.3 is 0 Å². The first-order valence-electron chi connectivity index (χ1n) is 8.67. The minimum atomic E-state index is -0.615. The van der Waals surface area contributed by atoms with Crippen LogP contribution in [0.25, 0.3) is 0 Å². The second-order valence-electron chi connectivity index (χ2n) is 5.92. The van der Waals surface area contributed by atoms with Crippen LogP contribution in [0.15, 0.2) is 48.5 Å². The molecule has 0 aliphatic carbocycles. The Morgan fingerprint density at radius 3 is 2.48 bits per heavy atom. The van der Waals surface area contributed by atoms with Gasteiger partial charge in [0.1, 0.15) is 0 Å². The Balaban J connectivity index is 1.98. The number of ketones is 1. The molecule has 0 aromatic heterocycles. The van der Waals surface area contributed by atoms with Gasteiger partial charge in [-0.15, -0.1) is 0 Å². The van der Waals surface area contributed by atoms with Crippen molar-refractivity contribution in [2.75, 3.05) is 13.2 Å². The Hall–Kier alpha value is -3.33. The predicted molar refractivity (Wildman–Crippen MR) is 101 cm³/mol. The number of rotatable bonds is 9. The normalized spacial score (nSPS) is 11.1. The van der Waals surface area contributed by atoms with E-state index < -0.39 is 11.9 Å². The minimum absolute atomic E-state index is 0.124. The molecule has 1 atom stereocenters. The molecule has 2 rings (SSSR count).